The minimum atomic E-state index is 0.152. The first-order valence-electron chi connectivity index (χ1n) is 8.29. The number of ether oxygens (including phenoxy) is 3. The molecular weight excluding hydrogens is 302 g/mol. The van der Waals surface area contributed by atoms with Crippen LogP contribution in [0.3, 0.4) is 0 Å². The molecule has 1 aliphatic rings. The van der Waals surface area contributed by atoms with Gasteiger partial charge < -0.3 is 14.2 Å². The molecule has 1 unspecified atom stereocenters. The van der Waals surface area contributed by atoms with Crippen molar-refractivity contribution >= 4 is 0 Å². The van der Waals surface area contributed by atoms with E-state index in [2.05, 4.69) is 30.0 Å². The lowest BCUT2D eigenvalue weighted by Crippen LogP contribution is -2.30. The van der Waals surface area contributed by atoms with Crippen molar-refractivity contribution in [2.45, 2.75) is 33.0 Å². The van der Waals surface area contributed by atoms with Crippen LogP contribution in [-0.4, -0.2) is 31.8 Å². The standard InChI is InChI=1S/C20H25NO3/c1-14-11-21(12-16-7-5-6-8-19(16)24-14)13-17-9-10-18(22-3)15(2)20(17)23-4/h5-10,14H,11-13H2,1-4H3. The van der Waals surface area contributed by atoms with Crippen LogP contribution in [0.2, 0.25) is 0 Å². The van der Waals surface area contributed by atoms with Crippen molar-refractivity contribution in [3.63, 3.8) is 0 Å². The molecule has 2 aromatic rings. The van der Waals surface area contributed by atoms with Crippen LogP contribution in [0.1, 0.15) is 23.6 Å². The Balaban J connectivity index is 1.87. The minimum Gasteiger partial charge on any atom is -0.496 e. The number of nitrogens with zero attached hydrogens (tertiary/aromatic N) is 1. The third-order valence-electron chi connectivity index (χ3n) is 4.47. The van der Waals surface area contributed by atoms with Crippen LogP contribution in [0.5, 0.6) is 17.2 Å². The van der Waals surface area contributed by atoms with Gasteiger partial charge in [0, 0.05) is 36.3 Å². The van der Waals surface area contributed by atoms with E-state index in [0.717, 1.165) is 42.4 Å². The number of hydrogen-bond donors (Lipinski definition) is 0. The van der Waals surface area contributed by atoms with E-state index in [9.17, 15) is 0 Å². The van der Waals surface area contributed by atoms with Crippen molar-refractivity contribution in [2.24, 2.45) is 0 Å². The maximum atomic E-state index is 6.05. The molecule has 0 saturated carbocycles. The summed E-state index contributed by atoms with van der Waals surface area (Å²) >= 11 is 0. The molecule has 4 heteroatoms. The molecule has 2 aromatic carbocycles. The van der Waals surface area contributed by atoms with Gasteiger partial charge in [-0.15, -0.1) is 0 Å². The monoisotopic (exact) mass is 327 g/mol. The van der Waals surface area contributed by atoms with E-state index in [0.29, 0.717) is 0 Å². The molecule has 0 N–H and O–H groups in total. The second-order valence-electron chi connectivity index (χ2n) is 6.29. The van der Waals surface area contributed by atoms with Gasteiger partial charge in [-0.1, -0.05) is 24.3 Å². The van der Waals surface area contributed by atoms with E-state index in [1.807, 2.05) is 25.1 Å². The first-order valence-corrected chi connectivity index (χ1v) is 8.29. The van der Waals surface area contributed by atoms with Gasteiger partial charge in [-0.05, 0) is 26.0 Å². The molecule has 1 heterocycles. The Morgan fingerprint density at radius 3 is 2.67 bits per heavy atom. The largest absolute Gasteiger partial charge is 0.496 e. The van der Waals surface area contributed by atoms with E-state index in [-0.39, 0.29) is 6.10 Å². The quantitative estimate of drug-likeness (QED) is 0.855. The van der Waals surface area contributed by atoms with Crippen LogP contribution in [0.4, 0.5) is 0 Å². The van der Waals surface area contributed by atoms with Crippen molar-refractivity contribution in [2.75, 3.05) is 20.8 Å². The maximum Gasteiger partial charge on any atom is 0.129 e. The molecule has 3 rings (SSSR count). The van der Waals surface area contributed by atoms with Crippen LogP contribution in [-0.2, 0) is 13.1 Å². The van der Waals surface area contributed by atoms with Gasteiger partial charge in [0.15, 0.2) is 0 Å². The van der Waals surface area contributed by atoms with Crippen LogP contribution < -0.4 is 14.2 Å². The van der Waals surface area contributed by atoms with Crippen molar-refractivity contribution in [1.82, 2.24) is 4.90 Å². The highest BCUT2D eigenvalue weighted by atomic mass is 16.5. The molecule has 0 spiro atoms. The summed E-state index contributed by atoms with van der Waals surface area (Å²) in [6, 6.07) is 12.4. The summed E-state index contributed by atoms with van der Waals surface area (Å²) in [5, 5.41) is 0. The Hall–Kier alpha value is -2.20. The summed E-state index contributed by atoms with van der Waals surface area (Å²) in [5.74, 6) is 2.75. The Morgan fingerprint density at radius 2 is 1.92 bits per heavy atom. The number of para-hydroxylation sites is 1. The molecule has 24 heavy (non-hydrogen) atoms. The highest BCUT2D eigenvalue weighted by Gasteiger charge is 2.21. The summed E-state index contributed by atoms with van der Waals surface area (Å²) in [7, 11) is 3.40. The second-order valence-corrected chi connectivity index (χ2v) is 6.29. The van der Waals surface area contributed by atoms with Gasteiger partial charge >= 0.3 is 0 Å². The zero-order valence-corrected chi connectivity index (χ0v) is 14.8. The fourth-order valence-electron chi connectivity index (χ4n) is 3.39. The number of fused-ring (bicyclic) bond motifs is 1. The third-order valence-corrected chi connectivity index (χ3v) is 4.47. The Morgan fingerprint density at radius 1 is 1.12 bits per heavy atom. The van der Waals surface area contributed by atoms with Gasteiger partial charge in [0.05, 0.1) is 14.2 Å². The van der Waals surface area contributed by atoms with Crippen molar-refractivity contribution in [1.29, 1.82) is 0 Å². The van der Waals surface area contributed by atoms with Gasteiger partial charge in [-0.3, -0.25) is 4.90 Å². The first-order chi connectivity index (χ1) is 11.6. The first kappa shape index (κ1) is 16.7. The third kappa shape index (κ3) is 3.34. The Labute approximate surface area is 144 Å². The molecule has 0 saturated heterocycles. The second kappa shape index (κ2) is 7.14. The fraction of sp³-hybridized carbons (Fsp3) is 0.400. The van der Waals surface area contributed by atoms with Crippen LogP contribution >= 0.6 is 0 Å². The number of benzene rings is 2. The molecule has 0 bridgehead atoms. The topological polar surface area (TPSA) is 30.9 Å². The van der Waals surface area contributed by atoms with Crippen molar-refractivity contribution in [3.05, 3.63) is 53.1 Å². The molecule has 0 aliphatic carbocycles. The van der Waals surface area contributed by atoms with Gasteiger partial charge in [0.1, 0.15) is 23.4 Å². The summed E-state index contributed by atoms with van der Waals surface area (Å²) in [6.45, 7) is 6.71. The predicted octanol–water partition coefficient (Wildman–Crippen LogP) is 3.80. The van der Waals surface area contributed by atoms with Crippen LogP contribution in [0.15, 0.2) is 36.4 Å². The maximum absolute atomic E-state index is 6.05. The highest BCUT2D eigenvalue weighted by molar-refractivity contribution is 5.49. The number of methoxy groups -OCH3 is 2. The van der Waals surface area contributed by atoms with Gasteiger partial charge in [0.2, 0.25) is 0 Å². The molecule has 0 fully saturated rings. The molecule has 0 amide bonds. The van der Waals surface area contributed by atoms with E-state index >= 15 is 0 Å². The van der Waals surface area contributed by atoms with Gasteiger partial charge in [-0.2, -0.15) is 0 Å². The Bertz CT molecular complexity index is 714. The summed E-state index contributed by atoms with van der Waals surface area (Å²) < 4.78 is 17.1. The summed E-state index contributed by atoms with van der Waals surface area (Å²) in [5.41, 5.74) is 3.44. The average molecular weight is 327 g/mol. The normalized spacial score (nSPS) is 17.6. The molecule has 0 aromatic heterocycles. The average Bonchev–Trinajstić information content (AvgIpc) is 2.72. The number of rotatable bonds is 4. The van der Waals surface area contributed by atoms with Gasteiger partial charge in [-0.25, -0.2) is 0 Å². The zero-order valence-electron chi connectivity index (χ0n) is 14.8. The lowest BCUT2D eigenvalue weighted by Gasteiger charge is -2.24. The Kier molecular flexibility index (Phi) is 4.95. The SMILES string of the molecule is COc1ccc(CN2Cc3ccccc3OC(C)C2)c(OC)c1C. The minimum absolute atomic E-state index is 0.152. The van der Waals surface area contributed by atoms with Gasteiger partial charge in [0.25, 0.3) is 0 Å². The fourth-order valence-corrected chi connectivity index (χ4v) is 3.39. The predicted molar refractivity (Wildman–Crippen MR) is 94.9 cm³/mol. The van der Waals surface area contributed by atoms with E-state index in [4.69, 9.17) is 14.2 Å². The molecular formula is C20H25NO3. The molecule has 128 valence electrons. The van der Waals surface area contributed by atoms with E-state index in [1.54, 1.807) is 14.2 Å². The summed E-state index contributed by atoms with van der Waals surface area (Å²) in [6.07, 6.45) is 0.152. The van der Waals surface area contributed by atoms with Crippen LogP contribution in [0.25, 0.3) is 0 Å². The lowest BCUT2D eigenvalue weighted by molar-refractivity contribution is 0.155. The highest BCUT2D eigenvalue weighted by Crippen LogP contribution is 2.33. The van der Waals surface area contributed by atoms with Crippen molar-refractivity contribution < 1.29 is 14.2 Å². The van der Waals surface area contributed by atoms with E-state index < -0.39 is 0 Å². The smallest absolute Gasteiger partial charge is 0.129 e. The zero-order chi connectivity index (χ0) is 17.1. The number of hydrogen-bond acceptors (Lipinski definition) is 4. The molecule has 0 radical (unpaired) electrons. The van der Waals surface area contributed by atoms with E-state index in [1.165, 1.54) is 11.1 Å². The molecule has 1 aliphatic heterocycles. The van der Waals surface area contributed by atoms with Crippen LogP contribution in [0, 0.1) is 6.92 Å². The lowest BCUT2D eigenvalue weighted by atomic mass is 10.1. The molecule has 4 nitrogen and oxygen atoms in total. The molecule has 1 atom stereocenters. The van der Waals surface area contributed by atoms with Crippen molar-refractivity contribution in [3.8, 4) is 17.2 Å². The summed E-state index contributed by atoms with van der Waals surface area (Å²) in [4.78, 5) is 2.40.